The standard InChI is InChI=1S/C11H10F3N3OS.C3H6/c1-15-10(18)8-4-3-7(19-8)6-5-9(11(12,13)14)17(2)16-6;1-2-3-1/h3-5H,1-2H3,(H,15,18);1-3H2. The normalized spacial score (nSPS) is 13.3. The van der Waals surface area contributed by atoms with Crippen molar-refractivity contribution < 1.29 is 18.0 Å². The van der Waals surface area contributed by atoms with Crippen molar-refractivity contribution in [2.45, 2.75) is 25.4 Å². The number of nitrogens with zero attached hydrogens (tertiary/aromatic N) is 2. The lowest BCUT2D eigenvalue weighted by molar-refractivity contribution is -0.143. The van der Waals surface area contributed by atoms with Crippen molar-refractivity contribution in [3.8, 4) is 10.6 Å². The van der Waals surface area contributed by atoms with Crippen molar-refractivity contribution in [1.82, 2.24) is 15.1 Å². The Balaban J connectivity index is 0.000000523. The molecule has 0 aromatic carbocycles. The van der Waals surface area contributed by atoms with Gasteiger partial charge in [-0.2, -0.15) is 18.3 Å². The quantitative estimate of drug-likeness (QED) is 0.912. The van der Waals surface area contributed by atoms with Crippen LogP contribution in [0.15, 0.2) is 18.2 Å². The van der Waals surface area contributed by atoms with E-state index >= 15 is 0 Å². The number of hydrogen-bond donors (Lipinski definition) is 1. The van der Waals surface area contributed by atoms with Gasteiger partial charge in [0.25, 0.3) is 5.91 Å². The van der Waals surface area contributed by atoms with Crippen LogP contribution in [0.5, 0.6) is 0 Å². The molecule has 1 fully saturated rings. The van der Waals surface area contributed by atoms with Gasteiger partial charge in [0.15, 0.2) is 0 Å². The van der Waals surface area contributed by atoms with Gasteiger partial charge in [0.2, 0.25) is 0 Å². The summed E-state index contributed by atoms with van der Waals surface area (Å²) in [4.78, 5) is 12.3. The number of rotatable bonds is 2. The lowest BCUT2D eigenvalue weighted by atomic mass is 10.3. The van der Waals surface area contributed by atoms with E-state index in [2.05, 4.69) is 10.4 Å². The zero-order valence-corrected chi connectivity index (χ0v) is 13.0. The smallest absolute Gasteiger partial charge is 0.354 e. The Bertz CT molecular complexity index is 656. The first-order chi connectivity index (χ1) is 10.3. The van der Waals surface area contributed by atoms with Gasteiger partial charge in [-0.1, -0.05) is 19.3 Å². The van der Waals surface area contributed by atoms with E-state index in [9.17, 15) is 18.0 Å². The molecule has 0 radical (unpaired) electrons. The molecule has 2 aromatic rings. The zero-order chi connectivity index (χ0) is 16.3. The van der Waals surface area contributed by atoms with Gasteiger partial charge in [0.05, 0.1) is 9.75 Å². The summed E-state index contributed by atoms with van der Waals surface area (Å²) in [6, 6.07) is 4.11. The first-order valence-corrected chi connectivity index (χ1v) is 7.58. The Morgan fingerprint density at radius 3 is 2.41 bits per heavy atom. The van der Waals surface area contributed by atoms with Crippen molar-refractivity contribution >= 4 is 17.2 Å². The fraction of sp³-hybridized carbons (Fsp3) is 0.429. The number of aryl methyl sites for hydroxylation is 1. The molecule has 2 aromatic heterocycles. The van der Waals surface area contributed by atoms with Gasteiger partial charge in [-0.3, -0.25) is 9.48 Å². The summed E-state index contributed by atoms with van der Waals surface area (Å²) in [5.41, 5.74) is -0.618. The molecule has 0 unspecified atom stereocenters. The molecule has 4 nitrogen and oxygen atoms in total. The highest BCUT2D eigenvalue weighted by Gasteiger charge is 2.35. The molecule has 0 aliphatic heterocycles. The first kappa shape index (κ1) is 16.5. The van der Waals surface area contributed by atoms with E-state index in [1.807, 2.05) is 0 Å². The summed E-state index contributed by atoms with van der Waals surface area (Å²) in [6.07, 6.45) is 0.0564. The number of halogens is 3. The zero-order valence-electron chi connectivity index (χ0n) is 12.2. The molecule has 3 rings (SSSR count). The maximum atomic E-state index is 12.6. The van der Waals surface area contributed by atoms with Gasteiger partial charge in [0, 0.05) is 14.1 Å². The van der Waals surface area contributed by atoms with E-state index in [0.717, 1.165) is 22.1 Å². The molecular weight excluding hydrogens is 315 g/mol. The summed E-state index contributed by atoms with van der Waals surface area (Å²) in [7, 11) is 2.73. The van der Waals surface area contributed by atoms with Gasteiger partial charge in [-0.15, -0.1) is 11.3 Å². The summed E-state index contributed by atoms with van der Waals surface area (Å²) < 4.78 is 38.7. The molecule has 22 heavy (non-hydrogen) atoms. The average Bonchev–Trinajstić information content (AvgIpc) is 3.15. The monoisotopic (exact) mass is 331 g/mol. The topological polar surface area (TPSA) is 46.9 Å². The minimum absolute atomic E-state index is 0.204. The molecule has 1 N–H and O–H groups in total. The van der Waals surface area contributed by atoms with Crippen molar-refractivity contribution in [1.29, 1.82) is 0 Å². The molecule has 1 saturated carbocycles. The Labute approximate surface area is 129 Å². The van der Waals surface area contributed by atoms with Crippen LogP contribution in [0.1, 0.15) is 34.6 Å². The molecule has 1 aliphatic rings. The van der Waals surface area contributed by atoms with Crippen LogP contribution in [0.4, 0.5) is 13.2 Å². The van der Waals surface area contributed by atoms with E-state index in [1.165, 1.54) is 33.4 Å². The predicted molar refractivity (Wildman–Crippen MR) is 78.8 cm³/mol. The molecule has 1 amide bonds. The van der Waals surface area contributed by atoms with Crippen molar-refractivity contribution in [2.75, 3.05) is 7.05 Å². The highest BCUT2D eigenvalue weighted by atomic mass is 32.1. The molecular formula is C14H16F3N3OS. The largest absolute Gasteiger partial charge is 0.433 e. The number of aromatic nitrogens is 2. The van der Waals surface area contributed by atoms with E-state index in [0.29, 0.717) is 9.75 Å². The Hall–Kier alpha value is -1.83. The lowest BCUT2D eigenvalue weighted by Crippen LogP contribution is -2.15. The Morgan fingerprint density at radius 2 is 1.95 bits per heavy atom. The number of carbonyl (C=O) groups excluding carboxylic acids is 1. The Morgan fingerprint density at radius 1 is 1.32 bits per heavy atom. The lowest BCUT2D eigenvalue weighted by Gasteiger charge is -2.04. The van der Waals surface area contributed by atoms with Crippen molar-refractivity contribution in [2.24, 2.45) is 7.05 Å². The molecule has 8 heteroatoms. The van der Waals surface area contributed by atoms with Crippen LogP contribution in [-0.4, -0.2) is 22.7 Å². The number of nitrogens with one attached hydrogen (secondary N) is 1. The van der Waals surface area contributed by atoms with E-state index in [1.54, 1.807) is 12.1 Å². The van der Waals surface area contributed by atoms with E-state index in [-0.39, 0.29) is 11.6 Å². The van der Waals surface area contributed by atoms with Crippen molar-refractivity contribution in [3.63, 3.8) is 0 Å². The minimum atomic E-state index is -4.44. The number of carbonyl (C=O) groups is 1. The van der Waals surface area contributed by atoms with Crippen LogP contribution in [-0.2, 0) is 13.2 Å². The SMILES string of the molecule is C1CC1.CNC(=O)c1ccc(-c2cc(C(F)(F)F)n(C)n2)s1. The third kappa shape index (κ3) is 4.09. The highest BCUT2D eigenvalue weighted by Crippen LogP contribution is 2.34. The van der Waals surface area contributed by atoms with Gasteiger partial charge < -0.3 is 5.32 Å². The van der Waals surface area contributed by atoms with Crippen molar-refractivity contribution in [3.05, 3.63) is 28.8 Å². The fourth-order valence-electron chi connectivity index (χ4n) is 1.57. The second kappa shape index (κ2) is 6.51. The molecule has 0 bridgehead atoms. The third-order valence-corrected chi connectivity index (χ3v) is 3.94. The Kier molecular flexibility index (Phi) is 4.90. The second-order valence-corrected chi connectivity index (χ2v) is 5.92. The molecule has 120 valence electrons. The molecule has 1 aliphatic carbocycles. The van der Waals surface area contributed by atoms with E-state index in [4.69, 9.17) is 0 Å². The number of thiophene rings is 1. The fourth-order valence-corrected chi connectivity index (χ4v) is 2.48. The van der Waals surface area contributed by atoms with Gasteiger partial charge in [-0.05, 0) is 18.2 Å². The maximum absolute atomic E-state index is 12.6. The van der Waals surface area contributed by atoms with Gasteiger partial charge in [-0.25, -0.2) is 0 Å². The number of hydrogen-bond acceptors (Lipinski definition) is 3. The first-order valence-electron chi connectivity index (χ1n) is 6.76. The van der Waals surface area contributed by atoms with Gasteiger partial charge >= 0.3 is 6.18 Å². The summed E-state index contributed by atoms with van der Waals surface area (Å²) in [5, 5.41) is 6.27. The number of amides is 1. The molecule has 2 heterocycles. The van der Waals surface area contributed by atoms with E-state index < -0.39 is 11.9 Å². The molecule has 0 atom stereocenters. The highest BCUT2D eigenvalue weighted by molar-refractivity contribution is 7.17. The third-order valence-electron chi connectivity index (χ3n) is 2.83. The summed E-state index contributed by atoms with van der Waals surface area (Å²) in [5.74, 6) is -0.275. The molecule has 0 saturated heterocycles. The molecule has 0 spiro atoms. The van der Waals surface area contributed by atoms with Crippen LogP contribution >= 0.6 is 11.3 Å². The number of alkyl halides is 3. The van der Waals surface area contributed by atoms with Crippen LogP contribution in [0.25, 0.3) is 10.6 Å². The average molecular weight is 331 g/mol. The predicted octanol–water partition coefficient (Wildman–Crippen LogP) is 3.70. The maximum Gasteiger partial charge on any atom is 0.433 e. The minimum Gasteiger partial charge on any atom is -0.354 e. The van der Waals surface area contributed by atoms with Crippen LogP contribution in [0.3, 0.4) is 0 Å². The summed E-state index contributed by atoms with van der Waals surface area (Å²) in [6.45, 7) is 0. The second-order valence-electron chi connectivity index (χ2n) is 4.84. The van der Waals surface area contributed by atoms with Crippen LogP contribution in [0.2, 0.25) is 0 Å². The van der Waals surface area contributed by atoms with Crippen LogP contribution in [0, 0.1) is 0 Å². The van der Waals surface area contributed by atoms with Crippen LogP contribution < -0.4 is 5.32 Å². The summed E-state index contributed by atoms with van der Waals surface area (Å²) >= 11 is 1.10. The van der Waals surface area contributed by atoms with Gasteiger partial charge in [0.1, 0.15) is 11.4 Å².